The minimum atomic E-state index is -0.641. The van der Waals surface area contributed by atoms with Crippen LogP contribution in [0.2, 0.25) is 0 Å². The van der Waals surface area contributed by atoms with E-state index in [1.807, 2.05) is 62.4 Å². The summed E-state index contributed by atoms with van der Waals surface area (Å²) in [6.45, 7) is 5.01. The smallest absolute Gasteiger partial charge is 0.316 e. The lowest BCUT2D eigenvalue weighted by atomic mass is 10.0. The third-order valence-electron chi connectivity index (χ3n) is 4.16. The first-order valence-electron chi connectivity index (χ1n) is 9.04. The van der Waals surface area contributed by atoms with Gasteiger partial charge in [0.25, 0.3) is 5.91 Å². The van der Waals surface area contributed by atoms with Crippen LogP contribution in [0.3, 0.4) is 0 Å². The van der Waals surface area contributed by atoms with E-state index in [9.17, 15) is 14.4 Å². The minimum absolute atomic E-state index is 0.123. The van der Waals surface area contributed by atoms with Crippen molar-refractivity contribution in [3.05, 3.63) is 65.2 Å². The molecule has 1 N–H and O–H groups in total. The molecule has 1 amide bonds. The van der Waals surface area contributed by atoms with Gasteiger partial charge in [0.1, 0.15) is 0 Å². The molecule has 0 heterocycles. The van der Waals surface area contributed by atoms with Crippen LogP contribution < -0.4 is 5.32 Å². The predicted molar refractivity (Wildman–Crippen MR) is 110 cm³/mol. The van der Waals surface area contributed by atoms with Crippen LogP contribution in [0.15, 0.2) is 53.4 Å². The molecule has 0 aliphatic rings. The zero-order valence-corrected chi connectivity index (χ0v) is 17.2. The fourth-order valence-electron chi connectivity index (χ4n) is 2.57. The monoisotopic (exact) mass is 399 g/mol. The van der Waals surface area contributed by atoms with Gasteiger partial charge < -0.3 is 10.1 Å². The fourth-order valence-corrected chi connectivity index (χ4v) is 3.49. The van der Waals surface area contributed by atoms with Gasteiger partial charge in [-0.15, -0.1) is 11.8 Å². The number of hydrogen-bond acceptors (Lipinski definition) is 5. The van der Waals surface area contributed by atoms with Gasteiger partial charge >= 0.3 is 5.97 Å². The topological polar surface area (TPSA) is 72.5 Å². The molecule has 0 aliphatic heterocycles. The number of nitrogens with one attached hydrogen (secondary N) is 1. The standard InChI is InChI=1S/C22H25NO4S/c1-15-9-10-16(2)20(11-15)28-14-22(26)27-13-21(25)23-19(17(3)24)12-18-7-5-4-6-8-18/h4-11,19H,12-14H2,1-3H3,(H,23,25)/t19-/m1/s1. The summed E-state index contributed by atoms with van der Waals surface area (Å²) in [6, 6.07) is 14.8. The molecule has 0 radical (unpaired) electrons. The van der Waals surface area contributed by atoms with Gasteiger partial charge in [-0.25, -0.2) is 0 Å². The van der Waals surface area contributed by atoms with Crippen molar-refractivity contribution in [1.29, 1.82) is 0 Å². The molecule has 28 heavy (non-hydrogen) atoms. The van der Waals surface area contributed by atoms with Gasteiger partial charge in [-0.3, -0.25) is 14.4 Å². The summed E-state index contributed by atoms with van der Waals surface area (Å²) in [5.41, 5.74) is 3.16. The first-order valence-corrected chi connectivity index (χ1v) is 10.0. The minimum Gasteiger partial charge on any atom is -0.455 e. The molecular weight excluding hydrogens is 374 g/mol. The van der Waals surface area contributed by atoms with E-state index in [0.29, 0.717) is 6.42 Å². The summed E-state index contributed by atoms with van der Waals surface area (Å²) in [5.74, 6) is -0.976. The molecule has 0 unspecified atom stereocenters. The number of rotatable bonds is 9. The summed E-state index contributed by atoms with van der Waals surface area (Å²) in [5, 5.41) is 2.64. The summed E-state index contributed by atoms with van der Waals surface area (Å²) < 4.78 is 5.04. The van der Waals surface area contributed by atoms with Crippen molar-refractivity contribution in [3.8, 4) is 0 Å². The first-order chi connectivity index (χ1) is 13.3. The average Bonchev–Trinajstić information content (AvgIpc) is 2.67. The van der Waals surface area contributed by atoms with Gasteiger partial charge in [0.2, 0.25) is 0 Å². The molecule has 2 rings (SSSR count). The predicted octanol–water partition coefficient (Wildman–Crippen LogP) is 3.26. The summed E-state index contributed by atoms with van der Waals surface area (Å²) in [7, 11) is 0. The van der Waals surface area contributed by atoms with E-state index >= 15 is 0 Å². The maximum Gasteiger partial charge on any atom is 0.316 e. The lowest BCUT2D eigenvalue weighted by molar-refractivity contribution is -0.146. The lowest BCUT2D eigenvalue weighted by Gasteiger charge is -2.16. The van der Waals surface area contributed by atoms with E-state index in [4.69, 9.17) is 4.74 Å². The van der Waals surface area contributed by atoms with Crippen LogP contribution in [-0.2, 0) is 25.5 Å². The normalized spacial score (nSPS) is 11.5. The number of amides is 1. The molecule has 0 fully saturated rings. The van der Waals surface area contributed by atoms with Gasteiger partial charge in [0, 0.05) is 4.90 Å². The maximum absolute atomic E-state index is 12.1. The highest BCUT2D eigenvalue weighted by Gasteiger charge is 2.18. The Morgan fingerprint density at radius 1 is 1.07 bits per heavy atom. The van der Waals surface area contributed by atoms with Crippen LogP contribution in [0.4, 0.5) is 0 Å². The number of aryl methyl sites for hydroxylation is 2. The van der Waals surface area contributed by atoms with Crippen molar-refractivity contribution in [2.24, 2.45) is 0 Å². The third-order valence-corrected chi connectivity index (χ3v) is 5.29. The van der Waals surface area contributed by atoms with Crippen molar-refractivity contribution in [2.75, 3.05) is 12.4 Å². The quantitative estimate of drug-likeness (QED) is 0.518. The lowest BCUT2D eigenvalue weighted by Crippen LogP contribution is -2.43. The van der Waals surface area contributed by atoms with Crippen molar-refractivity contribution in [3.63, 3.8) is 0 Å². The van der Waals surface area contributed by atoms with E-state index in [-0.39, 0.29) is 11.5 Å². The SMILES string of the molecule is CC(=O)[C@@H](Cc1ccccc1)NC(=O)COC(=O)CSc1cc(C)ccc1C. The molecule has 148 valence electrons. The molecule has 0 saturated carbocycles. The third kappa shape index (κ3) is 7.19. The molecule has 0 bridgehead atoms. The summed E-state index contributed by atoms with van der Waals surface area (Å²) in [6.07, 6.45) is 0.401. The second-order valence-corrected chi connectivity index (χ2v) is 7.66. The highest BCUT2D eigenvalue weighted by atomic mass is 32.2. The van der Waals surface area contributed by atoms with Crippen molar-refractivity contribution >= 4 is 29.4 Å². The Labute approximate surface area is 169 Å². The number of carbonyl (C=O) groups is 3. The van der Waals surface area contributed by atoms with Gasteiger partial charge in [-0.05, 0) is 44.4 Å². The highest BCUT2D eigenvalue weighted by Crippen LogP contribution is 2.23. The van der Waals surface area contributed by atoms with Gasteiger partial charge in [-0.2, -0.15) is 0 Å². The maximum atomic E-state index is 12.1. The molecule has 1 atom stereocenters. The van der Waals surface area contributed by atoms with Crippen LogP contribution in [0.5, 0.6) is 0 Å². The Morgan fingerprint density at radius 3 is 2.46 bits per heavy atom. The fraction of sp³-hybridized carbons (Fsp3) is 0.318. The van der Waals surface area contributed by atoms with Crippen molar-refractivity contribution < 1.29 is 19.1 Å². The van der Waals surface area contributed by atoms with E-state index < -0.39 is 24.5 Å². The number of benzene rings is 2. The van der Waals surface area contributed by atoms with E-state index in [2.05, 4.69) is 5.32 Å². The molecule has 2 aromatic carbocycles. The molecular formula is C22H25NO4S. The highest BCUT2D eigenvalue weighted by molar-refractivity contribution is 8.00. The van der Waals surface area contributed by atoms with Crippen LogP contribution in [-0.4, -0.2) is 36.1 Å². The Morgan fingerprint density at radius 2 is 1.79 bits per heavy atom. The zero-order valence-electron chi connectivity index (χ0n) is 16.4. The number of hydrogen-bond donors (Lipinski definition) is 1. The summed E-state index contributed by atoms with van der Waals surface area (Å²) in [4.78, 5) is 36.8. The van der Waals surface area contributed by atoms with Crippen LogP contribution >= 0.6 is 11.8 Å². The van der Waals surface area contributed by atoms with Crippen molar-refractivity contribution in [1.82, 2.24) is 5.32 Å². The Bertz CT molecular complexity index is 836. The van der Waals surface area contributed by atoms with Gasteiger partial charge in [0.15, 0.2) is 12.4 Å². The van der Waals surface area contributed by atoms with Crippen LogP contribution in [0.1, 0.15) is 23.6 Å². The number of esters is 1. The first kappa shape index (κ1) is 21.7. The molecule has 6 heteroatoms. The second kappa shape index (κ2) is 10.7. The molecule has 0 aromatic heterocycles. The molecule has 5 nitrogen and oxygen atoms in total. The second-order valence-electron chi connectivity index (χ2n) is 6.64. The summed E-state index contributed by atoms with van der Waals surface area (Å²) >= 11 is 1.38. The molecule has 0 spiro atoms. The number of thioether (sulfide) groups is 1. The van der Waals surface area contributed by atoms with E-state index in [1.54, 1.807) is 0 Å². The zero-order chi connectivity index (χ0) is 20.5. The number of ketones is 1. The average molecular weight is 400 g/mol. The molecule has 0 saturated heterocycles. The number of ether oxygens (including phenoxy) is 1. The molecule has 2 aromatic rings. The molecule has 0 aliphatic carbocycles. The van der Waals surface area contributed by atoms with Gasteiger partial charge in [-0.1, -0.05) is 48.0 Å². The van der Waals surface area contributed by atoms with Gasteiger partial charge in [0.05, 0.1) is 11.8 Å². The van der Waals surface area contributed by atoms with Crippen LogP contribution in [0.25, 0.3) is 0 Å². The Balaban J connectivity index is 1.79. The van der Waals surface area contributed by atoms with Crippen LogP contribution in [0, 0.1) is 13.8 Å². The Hall–Kier alpha value is -2.60. The van der Waals surface area contributed by atoms with Crippen molar-refractivity contribution in [2.45, 2.75) is 38.1 Å². The largest absolute Gasteiger partial charge is 0.455 e. The van der Waals surface area contributed by atoms with E-state index in [0.717, 1.165) is 21.6 Å². The van der Waals surface area contributed by atoms with E-state index in [1.165, 1.54) is 18.7 Å². The number of Topliss-reactive ketones (excluding diaryl/α,β-unsaturated/α-hetero) is 1. The number of carbonyl (C=O) groups excluding carboxylic acids is 3. The Kier molecular flexibility index (Phi) is 8.26.